The van der Waals surface area contributed by atoms with Crippen molar-refractivity contribution in [3.8, 4) is 0 Å². The van der Waals surface area contributed by atoms with Gasteiger partial charge >= 0.3 is 0 Å². The Morgan fingerprint density at radius 1 is 1.33 bits per heavy atom. The van der Waals surface area contributed by atoms with E-state index in [1.54, 1.807) is 0 Å². The van der Waals surface area contributed by atoms with Gasteiger partial charge in [0.25, 0.3) is 0 Å². The lowest BCUT2D eigenvalue weighted by atomic mass is 10.1. The van der Waals surface area contributed by atoms with Crippen LogP contribution in [0.1, 0.15) is 27.2 Å². The van der Waals surface area contributed by atoms with E-state index in [0.717, 1.165) is 32.7 Å². The molecule has 5 nitrogen and oxygen atoms in total. The van der Waals surface area contributed by atoms with Crippen LogP contribution in [0.25, 0.3) is 0 Å². The third kappa shape index (κ3) is 5.63. The molecule has 0 saturated carbocycles. The van der Waals surface area contributed by atoms with Gasteiger partial charge in [-0.3, -0.25) is 4.90 Å². The van der Waals surface area contributed by atoms with Crippen molar-refractivity contribution in [3.63, 3.8) is 0 Å². The van der Waals surface area contributed by atoms with Crippen LogP contribution in [0.4, 0.5) is 0 Å². The Bertz CT molecular complexity index is 208. The first-order valence-electron chi connectivity index (χ1n) is 7.00. The number of nitrogens with zero attached hydrogens (tertiary/aromatic N) is 1. The average molecular weight is 260 g/mol. The van der Waals surface area contributed by atoms with Crippen molar-refractivity contribution in [3.05, 3.63) is 0 Å². The lowest BCUT2D eigenvalue weighted by Crippen LogP contribution is -2.50. The van der Waals surface area contributed by atoms with Crippen LogP contribution in [0.3, 0.4) is 0 Å². The van der Waals surface area contributed by atoms with Gasteiger partial charge in [0, 0.05) is 45.3 Å². The molecule has 1 saturated heterocycles. The third-order valence-electron chi connectivity index (χ3n) is 3.15. The summed E-state index contributed by atoms with van der Waals surface area (Å²) in [6, 6.07) is 0.0855. The van der Waals surface area contributed by atoms with Gasteiger partial charge in [-0.2, -0.15) is 0 Å². The Hall–Kier alpha value is -0.200. The van der Waals surface area contributed by atoms with Gasteiger partial charge in [-0.05, 0) is 20.8 Å². The van der Waals surface area contributed by atoms with Gasteiger partial charge in [-0.15, -0.1) is 0 Å². The van der Waals surface area contributed by atoms with Crippen molar-refractivity contribution in [2.24, 2.45) is 5.73 Å². The number of rotatable bonds is 8. The molecule has 1 heterocycles. The summed E-state index contributed by atoms with van der Waals surface area (Å²) in [5.41, 5.74) is 5.88. The van der Waals surface area contributed by atoms with Crippen LogP contribution in [0.5, 0.6) is 0 Å². The molecular formula is C13H28N2O3. The number of hydrogen-bond acceptors (Lipinski definition) is 5. The van der Waals surface area contributed by atoms with Crippen molar-refractivity contribution in [1.82, 2.24) is 4.90 Å². The van der Waals surface area contributed by atoms with E-state index in [-0.39, 0.29) is 18.4 Å². The highest BCUT2D eigenvalue weighted by atomic mass is 16.7. The zero-order valence-electron chi connectivity index (χ0n) is 11.9. The number of ether oxygens (including phenoxy) is 3. The highest BCUT2D eigenvalue weighted by Gasteiger charge is 2.23. The molecule has 0 radical (unpaired) electrons. The highest BCUT2D eigenvalue weighted by molar-refractivity contribution is 4.77. The van der Waals surface area contributed by atoms with Crippen molar-refractivity contribution < 1.29 is 14.2 Å². The fourth-order valence-electron chi connectivity index (χ4n) is 2.13. The van der Waals surface area contributed by atoms with E-state index >= 15 is 0 Å². The first-order valence-corrected chi connectivity index (χ1v) is 7.00. The molecule has 0 bridgehead atoms. The molecule has 1 fully saturated rings. The van der Waals surface area contributed by atoms with Crippen molar-refractivity contribution >= 4 is 0 Å². The van der Waals surface area contributed by atoms with Gasteiger partial charge in [0.2, 0.25) is 0 Å². The molecule has 0 aromatic heterocycles. The maximum atomic E-state index is 5.88. The molecule has 5 heteroatoms. The Balaban J connectivity index is 2.28. The lowest BCUT2D eigenvalue weighted by Gasteiger charge is -2.35. The predicted octanol–water partition coefficient (Wildman–Crippen LogP) is 0.824. The maximum Gasteiger partial charge on any atom is 0.158 e. The fraction of sp³-hybridized carbons (Fsp3) is 1.00. The Kier molecular flexibility index (Phi) is 7.77. The molecule has 0 aromatic rings. The van der Waals surface area contributed by atoms with Crippen LogP contribution in [-0.2, 0) is 14.2 Å². The Morgan fingerprint density at radius 2 is 2.00 bits per heavy atom. The van der Waals surface area contributed by atoms with Gasteiger partial charge in [0.05, 0.1) is 12.7 Å². The second kappa shape index (κ2) is 8.82. The summed E-state index contributed by atoms with van der Waals surface area (Å²) in [7, 11) is 0. The van der Waals surface area contributed by atoms with E-state index < -0.39 is 0 Å². The molecule has 0 aromatic carbocycles. The summed E-state index contributed by atoms with van der Waals surface area (Å²) in [6.45, 7) is 11.0. The first-order chi connectivity index (χ1) is 8.67. The number of morpholine rings is 1. The zero-order valence-corrected chi connectivity index (χ0v) is 11.9. The molecule has 0 spiro atoms. The number of hydrogen-bond donors (Lipinski definition) is 1. The van der Waals surface area contributed by atoms with Crippen molar-refractivity contribution in [2.75, 3.05) is 39.5 Å². The molecule has 18 heavy (non-hydrogen) atoms. The normalized spacial score (nSPS) is 23.5. The zero-order chi connectivity index (χ0) is 13.4. The average Bonchev–Trinajstić information content (AvgIpc) is 2.37. The van der Waals surface area contributed by atoms with E-state index in [4.69, 9.17) is 19.9 Å². The molecule has 2 N–H and O–H groups in total. The van der Waals surface area contributed by atoms with E-state index in [0.29, 0.717) is 13.2 Å². The molecule has 108 valence electrons. The molecule has 0 aliphatic carbocycles. The molecule has 1 aliphatic heterocycles. The second-order valence-electron chi connectivity index (χ2n) is 4.70. The minimum absolute atomic E-state index is 0.0855. The van der Waals surface area contributed by atoms with Crippen LogP contribution in [0.2, 0.25) is 0 Å². The lowest BCUT2D eigenvalue weighted by molar-refractivity contribution is -0.144. The highest BCUT2D eigenvalue weighted by Crippen LogP contribution is 2.10. The second-order valence-corrected chi connectivity index (χ2v) is 4.70. The minimum Gasteiger partial charge on any atom is -0.374 e. The Labute approximate surface area is 111 Å². The van der Waals surface area contributed by atoms with Crippen molar-refractivity contribution in [2.45, 2.75) is 45.6 Å². The standard InChI is InChI=1S/C13H28N2O3/c1-4-16-13(17-5-2)6-7-15-8-9-18-12(10-15)11(3)14/h11-13H,4-10,14H2,1-3H3. The van der Waals surface area contributed by atoms with Crippen LogP contribution < -0.4 is 5.73 Å². The van der Waals surface area contributed by atoms with E-state index in [2.05, 4.69) is 4.90 Å². The van der Waals surface area contributed by atoms with E-state index in [1.807, 2.05) is 20.8 Å². The molecule has 0 amide bonds. The number of nitrogens with two attached hydrogens (primary N) is 1. The van der Waals surface area contributed by atoms with Gasteiger partial charge in [0.15, 0.2) is 6.29 Å². The summed E-state index contributed by atoms with van der Waals surface area (Å²) < 4.78 is 16.7. The summed E-state index contributed by atoms with van der Waals surface area (Å²) in [4.78, 5) is 2.38. The van der Waals surface area contributed by atoms with Crippen LogP contribution in [-0.4, -0.2) is 62.8 Å². The maximum absolute atomic E-state index is 5.88. The summed E-state index contributed by atoms with van der Waals surface area (Å²) >= 11 is 0. The molecule has 1 aliphatic rings. The fourth-order valence-corrected chi connectivity index (χ4v) is 2.13. The van der Waals surface area contributed by atoms with Crippen LogP contribution in [0.15, 0.2) is 0 Å². The summed E-state index contributed by atoms with van der Waals surface area (Å²) in [5, 5.41) is 0. The Morgan fingerprint density at radius 3 is 2.56 bits per heavy atom. The SMILES string of the molecule is CCOC(CCN1CCOC(C(C)N)C1)OCC. The minimum atomic E-state index is -0.0865. The van der Waals surface area contributed by atoms with Gasteiger partial charge in [-0.1, -0.05) is 0 Å². The predicted molar refractivity (Wildman–Crippen MR) is 71.5 cm³/mol. The smallest absolute Gasteiger partial charge is 0.158 e. The molecule has 1 rings (SSSR count). The van der Waals surface area contributed by atoms with Crippen molar-refractivity contribution in [1.29, 1.82) is 0 Å². The first kappa shape index (κ1) is 15.9. The summed E-state index contributed by atoms with van der Waals surface area (Å²) in [5.74, 6) is 0. The van der Waals surface area contributed by atoms with Crippen LogP contribution in [0, 0.1) is 0 Å². The molecule has 2 unspecified atom stereocenters. The van der Waals surface area contributed by atoms with Gasteiger partial charge in [-0.25, -0.2) is 0 Å². The molecule has 2 atom stereocenters. The van der Waals surface area contributed by atoms with Gasteiger partial charge < -0.3 is 19.9 Å². The third-order valence-corrected chi connectivity index (χ3v) is 3.15. The van der Waals surface area contributed by atoms with Gasteiger partial charge in [0.1, 0.15) is 0 Å². The van der Waals surface area contributed by atoms with E-state index in [9.17, 15) is 0 Å². The van der Waals surface area contributed by atoms with Crippen LogP contribution >= 0.6 is 0 Å². The summed E-state index contributed by atoms with van der Waals surface area (Å²) in [6.07, 6.45) is 0.959. The monoisotopic (exact) mass is 260 g/mol. The molecular weight excluding hydrogens is 232 g/mol. The quantitative estimate of drug-likeness (QED) is 0.655. The topological polar surface area (TPSA) is 57.0 Å². The largest absolute Gasteiger partial charge is 0.374 e. The van der Waals surface area contributed by atoms with E-state index in [1.165, 1.54) is 0 Å².